The van der Waals surface area contributed by atoms with E-state index in [0.29, 0.717) is 21.4 Å². The number of halogens is 3. The van der Waals surface area contributed by atoms with Crippen molar-refractivity contribution in [2.45, 2.75) is 59.2 Å². The topological polar surface area (TPSA) is 58.6 Å². The molecule has 2 aromatic carbocycles. The molecule has 174 valence electrons. The lowest BCUT2D eigenvalue weighted by Crippen LogP contribution is -2.53. The summed E-state index contributed by atoms with van der Waals surface area (Å²) in [4.78, 5) is 27.5. The van der Waals surface area contributed by atoms with Crippen LogP contribution in [0.5, 0.6) is 5.75 Å². The molecule has 0 radical (unpaired) electrons. The number of carbonyl (C=O) groups excluding carboxylic acids is 2. The molecule has 5 nitrogen and oxygen atoms in total. The van der Waals surface area contributed by atoms with Crippen molar-refractivity contribution in [3.8, 4) is 5.75 Å². The number of hydrogen-bond acceptors (Lipinski definition) is 3. The molecule has 0 aromatic heterocycles. The van der Waals surface area contributed by atoms with Crippen molar-refractivity contribution in [2.75, 3.05) is 6.61 Å². The van der Waals surface area contributed by atoms with E-state index in [0.717, 1.165) is 16.5 Å². The lowest BCUT2D eigenvalue weighted by Gasteiger charge is -2.31. The van der Waals surface area contributed by atoms with Crippen molar-refractivity contribution in [3.05, 3.63) is 62.0 Å². The summed E-state index contributed by atoms with van der Waals surface area (Å²) < 4.78 is 6.55. The summed E-state index contributed by atoms with van der Waals surface area (Å²) in [7, 11) is 0. The van der Waals surface area contributed by atoms with Crippen LogP contribution in [0.3, 0.4) is 0 Å². The maximum atomic E-state index is 13.2. The van der Waals surface area contributed by atoms with Crippen LogP contribution in [0.15, 0.2) is 40.9 Å². The molecule has 0 aliphatic carbocycles. The second-order valence-corrected chi connectivity index (χ2v) is 10.3. The van der Waals surface area contributed by atoms with Gasteiger partial charge >= 0.3 is 0 Å². The number of nitrogens with one attached hydrogen (secondary N) is 1. The smallest absolute Gasteiger partial charge is 0.261 e. The van der Waals surface area contributed by atoms with E-state index in [9.17, 15) is 9.59 Å². The Kier molecular flexibility index (Phi) is 9.43. The highest BCUT2D eigenvalue weighted by Gasteiger charge is 2.29. The van der Waals surface area contributed by atoms with E-state index in [1.54, 1.807) is 25.1 Å². The van der Waals surface area contributed by atoms with Gasteiger partial charge in [0.15, 0.2) is 6.61 Å². The molecule has 8 heteroatoms. The van der Waals surface area contributed by atoms with Gasteiger partial charge < -0.3 is 15.0 Å². The second-order valence-electron chi connectivity index (χ2n) is 8.58. The van der Waals surface area contributed by atoms with Crippen molar-refractivity contribution in [3.63, 3.8) is 0 Å². The molecule has 0 saturated carbocycles. The summed E-state index contributed by atoms with van der Waals surface area (Å²) in [5.41, 5.74) is 1.41. The molecule has 0 saturated heterocycles. The summed E-state index contributed by atoms with van der Waals surface area (Å²) >= 11 is 15.8. The standard InChI is InChI=1S/C24H29BrCl2N2O3/c1-6-16-7-10-21(19(25)11-16)32-14-22(30)29(15(2)23(31)28-24(3,4)5)13-17-8-9-18(26)12-20(17)27/h7-12,15H,6,13-14H2,1-5H3,(H,28,31)/t15-/m1/s1. The number of nitrogens with zero attached hydrogens (tertiary/aromatic N) is 1. The molecule has 0 aliphatic heterocycles. The number of benzene rings is 2. The average molecular weight is 544 g/mol. The van der Waals surface area contributed by atoms with Crippen LogP contribution in [-0.2, 0) is 22.6 Å². The summed E-state index contributed by atoms with van der Waals surface area (Å²) in [5.74, 6) is -0.0321. The quantitative estimate of drug-likeness (QED) is 0.442. The monoisotopic (exact) mass is 542 g/mol. The Bertz CT molecular complexity index is 976. The number of carbonyl (C=O) groups is 2. The third kappa shape index (κ3) is 7.68. The first kappa shape index (κ1) is 26.5. The minimum Gasteiger partial charge on any atom is -0.483 e. The molecular weight excluding hydrogens is 515 g/mol. The minimum absolute atomic E-state index is 0.146. The Morgan fingerprint density at radius 1 is 1.16 bits per heavy atom. The summed E-state index contributed by atoms with van der Waals surface area (Å²) in [5, 5.41) is 3.85. The van der Waals surface area contributed by atoms with Gasteiger partial charge in [-0.25, -0.2) is 0 Å². The van der Waals surface area contributed by atoms with Gasteiger partial charge in [0, 0.05) is 22.1 Å². The van der Waals surface area contributed by atoms with E-state index in [1.165, 1.54) is 4.90 Å². The SMILES string of the molecule is CCc1ccc(OCC(=O)N(Cc2ccc(Cl)cc2Cl)[C@H](C)C(=O)NC(C)(C)C)c(Br)c1. The third-order valence-electron chi connectivity index (χ3n) is 4.78. The summed E-state index contributed by atoms with van der Waals surface area (Å²) in [6, 6.07) is 10.1. The molecule has 1 atom stereocenters. The lowest BCUT2D eigenvalue weighted by molar-refractivity contribution is -0.142. The number of ether oxygens (including phenoxy) is 1. The highest BCUT2D eigenvalue weighted by atomic mass is 79.9. The van der Waals surface area contributed by atoms with Gasteiger partial charge in [0.1, 0.15) is 11.8 Å². The molecule has 2 rings (SSSR count). The van der Waals surface area contributed by atoms with Crippen molar-refractivity contribution < 1.29 is 14.3 Å². The zero-order valence-corrected chi connectivity index (χ0v) is 22.1. The van der Waals surface area contributed by atoms with Gasteiger partial charge in [-0.3, -0.25) is 9.59 Å². The van der Waals surface area contributed by atoms with Crippen LogP contribution < -0.4 is 10.1 Å². The van der Waals surface area contributed by atoms with Crippen molar-refractivity contribution in [2.24, 2.45) is 0 Å². The van der Waals surface area contributed by atoms with Crippen LogP contribution in [-0.4, -0.2) is 34.9 Å². The van der Waals surface area contributed by atoms with Crippen molar-refractivity contribution in [1.29, 1.82) is 0 Å². The van der Waals surface area contributed by atoms with Gasteiger partial charge in [-0.05, 0) is 85.4 Å². The zero-order valence-electron chi connectivity index (χ0n) is 19.0. The molecule has 0 heterocycles. The Labute approximate surface area is 208 Å². The zero-order chi connectivity index (χ0) is 24.1. The van der Waals surface area contributed by atoms with E-state index in [4.69, 9.17) is 27.9 Å². The Morgan fingerprint density at radius 3 is 2.41 bits per heavy atom. The maximum Gasteiger partial charge on any atom is 0.261 e. The largest absolute Gasteiger partial charge is 0.483 e. The van der Waals surface area contributed by atoms with Crippen LogP contribution in [0.4, 0.5) is 0 Å². The molecule has 0 fully saturated rings. The highest BCUT2D eigenvalue weighted by molar-refractivity contribution is 9.10. The van der Waals surface area contributed by atoms with Crippen LogP contribution in [0, 0.1) is 0 Å². The van der Waals surface area contributed by atoms with Gasteiger partial charge in [-0.1, -0.05) is 42.3 Å². The molecule has 32 heavy (non-hydrogen) atoms. The van der Waals surface area contributed by atoms with E-state index in [1.807, 2.05) is 39.0 Å². The van der Waals surface area contributed by atoms with Crippen molar-refractivity contribution >= 4 is 50.9 Å². The fraction of sp³-hybridized carbons (Fsp3) is 0.417. The first-order valence-electron chi connectivity index (χ1n) is 10.4. The number of aryl methyl sites for hydroxylation is 1. The minimum atomic E-state index is -0.733. The summed E-state index contributed by atoms with van der Waals surface area (Å²) in [6.45, 7) is 9.35. The Balaban J connectivity index is 2.23. The molecule has 0 aliphatic rings. The predicted octanol–water partition coefficient (Wildman–Crippen LogP) is 6.03. The maximum absolute atomic E-state index is 13.2. The Hall–Kier alpha value is -1.76. The third-order valence-corrected chi connectivity index (χ3v) is 5.98. The van der Waals surface area contributed by atoms with Crippen LogP contribution in [0.2, 0.25) is 10.0 Å². The van der Waals surface area contributed by atoms with Gasteiger partial charge in [-0.2, -0.15) is 0 Å². The van der Waals surface area contributed by atoms with Gasteiger partial charge in [-0.15, -0.1) is 0 Å². The van der Waals surface area contributed by atoms with Crippen LogP contribution in [0.1, 0.15) is 45.7 Å². The molecule has 0 bridgehead atoms. The van der Waals surface area contributed by atoms with Crippen LogP contribution in [0.25, 0.3) is 0 Å². The Morgan fingerprint density at radius 2 is 1.84 bits per heavy atom. The van der Waals surface area contributed by atoms with Crippen molar-refractivity contribution in [1.82, 2.24) is 10.2 Å². The van der Waals surface area contributed by atoms with E-state index >= 15 is 0 Å². The normalized spacial score (nSPS) is 12.2. The van der Waals surface area contributed by atoms with Gasteiger partial charge in [0.25, 0.3) is 5.91 Å². The average Bonchev–Trinajstić information content (AvgIpc) is 2.70. The lowest BCUT2D eigenvalue weighted by atomic mass is 10.1. The fourth-order valence-corrected chi connectivity index (χ4v) is 4.00. The van der Waals surface area contributed by atoms with Gasteiger partial charge in [0.2, 0.25) is 5.91 Å². The van der Waals surface area contributed by atoms with Crippen LogP contribution >= 0.6 is 39.1 Å². The second kappa shape index (κ2) is 11.4. The number of rotatable bonds is 8. The number of amides is 2. The van der Waals surface area contributed by atoms with E-state index < -0.39 is 11.6 Å². The first-order valence-corrected chi connectivity index (χ1v) is 11.9. The predicted molar refractivity (Wildman–Crippen MR) is 133 cm³/mol. The molecule has 2 aromatic rings. The number of hydrogen-bond donors (Lipinski definition) is 1. The van der Waals surface area contributed by atoms with Gasteiger partial charge in [0.05, 0.1) is 4.47 Å². The molecule has 0 unspecified atom stereocenters. The molecular formula is C24H29BrCl2N2O3. The molecule has 2 amide bonds. The van der Waals surface area contributed by atoms with E-state index in [-0.39, 0.29) is 25.0 Å². The van der Waals surface area contributed by atoms with E-state index in [2.05, 4.69) is 28.2 Å². The molecule has 1 N–H and O–H groups in total. The first-order chi connectivity index (χ1) is 14.9. The molecule has 0 spiro atoms. The fourth-order valence-electron chi connectivity index (χ4n) is 2.99. The summed E-state index contributed by atoms with van der Waals surface area (Å²) in [6.07, 6.45) is 0.897. The highest BCUT2D eigenvalue weighted by Crippen LogP contribution is 2.27.